The van der Waals surface area contributed by atoms with E-state index in [0.29, 0.717) is 23.5 Å². The fraction of sp³-hybridized carbons (Fsp3) is 0.278. The van der Waals surface area contributed by atoms with Crippen LogP contribution in [0, 0.1) is 0 Å². The summed E-state index contributed by atoms with van der Waals surface area (Å²) < 4.78 is 5.87. The van der Waals surface area contributed by atoms with Crippen molar-refractivity contribution in [3.63, 3.8) is 0 Å². The molecule has 0 bridgehead atoms. The molecule has 1 amide bonds. The van der Waals surface area contributed by atoms with E-state index in [9.17, 15) is 4.79 Å². The van der Waals surface area contributed by atoms with Gasteiger partial charge in [0.1, 0.15) is 11.4 Å². The molecule has 3 N–H and O–H groups in total. The molecular weight excluding hydrogens is 276 g/mol. The molecule has 0 atom stereocenters. The molecule has 0 aliphatic carbocycles. The van der Waals surface area contributed by atoms with Crippen LogP contribution in [0.1, 0.15) is 26.3 Å². The largest absolute Gasteiger partial charge is 0.486 e. The summed E-state index contributed by atoms with van der Waals surface area (Å²) in [6, 6.07) is 14.7. The number of hydrogen-bond donors (Lipinski definition) is 2. The Hall–Kier alpha value is -2.49. The maximum atomic E-state index is 12.2. The molecule has 0 saturated carbocycles. The van der Waals surface area contributed by atoms with Gasteiger partial charge in [-0.05, 0) is 50.6 Å². The average molecular weight is 298 g/mol. The number of rotatable bonds is 4. The number of para-hydroxylation sites is 2. The van der Waals surface area contributed by atoms with Crippen LogP contribution in [0.4, 0.5) is 11.4 Å². The van der Waals surface area contributed by atoms with Gasteiger partial charge < -0.3 is 15.8 Å². The molecule has 0 spiro atoms. The Bertz CT molecular complexity index is 643. The summed E-state index contributed by atoms with van der Waals surface area (Å²) in [6.07, 6.45) is 0.296. The SMILES string of the molecule is CC(C)(C)Oc1ccccc1NC(=O)Cc1ccc(N)cc1. The van der Waals surface area contributed by atoms with Crippen molar-refractivity contribution >= 4 is 17.3 Å². The first-order chi connectivity index (χ1) is 10.3. The van der Waals surface area contributed by atoms with E-state index in [1.165, 1.54) is 0 Å². The molecule has 22 heavy (non-hydrogen) atoms. The number of carbonyl (C=O) groups is 1. The zero-order valence-corrected chi connectivity index (χ0v) is 13.2. The highest BCUT2D eigenvalue weighted by molar-refractivity contribution is 5.93. The lowest BCUT2D eigenvalue weighted by Gasteiger charge is -2.23. The van der Waals surface area contributed by atoms with E-state index in [0.717, 1.165) is 5.56 Å². The number of benzene rings is 2. The van der Waals surface area contributed by atoms with E-state index in [4.69, 9.17) is 10.5 Å². The van der Waals surface area contributed by atoms with Crippen molar-refractivity contribution < 1.29 is 9.53 Å². The van der Waals surface area contributed by atoms with Crippen LogP contribution in [-0.4, -0.2) is 11.5 Å². The van der Waals surface area contributed by atoms with Crippen molar-refractivity contribution in [1.82, 2.24) is 0 Å². The summed E-state index contributed by atoms with van der Waals surface area (Å²) in [6.45, 7) is 5.92. The number of nitrogens with two attached hydrogens (primary N) is 1. The van der Waals surface area contributed by atoms with Crippen molar-refractivity contribution in [2.75, 3.05) is 11.1 Å². The maximum absolute atomic E-state index is 12.2. The number of amides is 1. The molecule has 0 aromatic heterocycles. The van der Waals surface area contributed by atoms with Gasteiger partial charge in [0.05, 0.1) is 12.1 Å². The highest BCUT2D eigenvalue weighted by Crippen LogP contribution is 2.27. The fourth-order valence-electron chi connectivity index (χ4n) is 2.00. The average Bonchev–Trinajstić information content (AvgIpc) is 2.42. The van der Waals surface area contributed by atoms with Crippen LogP contribution in [0.25, 0.3) is 0 Å². The lowest BCUT2D eigenvalue weighted by Crippen LogP contribution is -2.24. The molecule has 4 nitrogen and oxygen atoms in total. The monoisotopic (exact) mass is 298 g/mol. The lowest BCUT2D eigenvalue weighted by atomic mass is 10.1. The minimum absolute atomic E-state index is 0.0882. The van der Waals surface area contributed by atoms with Gasteiger partial charge >= 0.3 is 0 Å². The molecular formula is C18H22N2O2. The lowest BCUT2D eigenvalue weighted by molar-refractivity contribution is -0.115. The minimum Gasteiger partial charge on any atom is -0.486 e. The first kappa shape index (κ1) is 15.9. The Balaban J connectivity index is 2.07. The molecule has 2 rings (SSSR count). The van der Waals surface area contributed by atoms with Crippen LogP contribution in [0.3, 0.4) is 0 Å². The highest BCUT2D eigenvalue weighted by atomic mass is 16.5. The van der Waals surface area contributed by atoms with Crippen LogP contribution in [-0.2, 0) is 11.2 Å². The van der Waals surface area contributed by atoms with E-state index in [2.05, 4.69) is 5.32 Å². The smallest absolute Gasteiger partial charge is 0.228 e. The van der Waals surface area contributed by atoms with Crippen LogP contribution in [0.15, 0.2) is 48.5 Å². The second-order valence-electron chi connectivity index (χ2n) is 6.18. The zero-order chi connectivity index (χ0) is 16.2. The molecule has 0 aliphatic heterocycles. The molecule has 0 radical (unpaired) electrons. The highest BCUT2D eigenvalue weighted by Gasteiger charge is 2.15. The van der Waals surface area contributed by atoms with E-state index >= 15 is 0 Å². The quantitative estimate of drug-likeness (QED) is 0.847. The van der Waals surface area contributed by atoms with E-state index in [1.807, 2.05) is 57.2 Å². The number of hydrogen-bond acceptors (Lipinski definition) is 3. The number of ether oxygens (including phenoxy) is 1. The van der Waals surface area contributed by atoms with Gasteiger partial charge in [0, 0.05) is 5.69 Å². The molecule has 0 aliphatic rings. The van der Waals surface area contributed by atoms with Crippen molar-refractivity contribution in [2.24, 2.45) is 0 Å². The van der Waals surface area contributed by atoms with Gasteiger partial charge in [-0.1, -0.05) is 24.3 Å². The Morgan fingerprint density at radius 1 is 1.09 bits per heavy atom. The van der Waals surface area contributed by atoms with Gasteiger partial charge in [-0.3, -0.25) is 4.79 Å². The van der Waals surface area contributed by atoms with Crippen molar-refractivity contribution in [3.05, 3.63) is 54.1 Å². The Morgan fingerprint density at radius 2 is 1.73 bits per heavy atom. The summed E-state index contributed by atoms with van der Waals surface area (Å²) in [7, 11) is 0. The van der Waals surface area contributed by atoms with E-state index in [1.54, 1.807) is 12.1 Å². The van der Waals surface area contributed by atoms with Crippen molar-refractivity contribution in [2.45, 2.75) is 32.8 Å². The topological polar surface area (TPSA) is 64.3 Å². The summed E-state index contributed by atoms with van der Waals surface area (Å²) >= 11 is 0. The number of carbonyl (C=O) groups excluding carboxylic acids is 1. The van der Waals surface area contributed by atoms with Crippen LogP contribution in [0.2, 0.25) is 0 Å². The van der Waals surface area contributed by atoms with Gasteiger partial charge in [-0.25, -0.2) is 0 Å². The Morgan fingerprint density at radius 3 is 2.36 bits per heavy atom. The van der Waals surface area contributed by atoms with Gasteiger partial charge in [0.2, 0.25) is 5.91 Å². The van der Waals surface area contributed by atoms with Crippen molar-refractivity contribution in [3.8, 4) is 5.75 Å². The minimum atomic E-state index is -0.322. The first-order valence-corrected chi connectivity index (χ1v) is 7.26. The van der Waals surface area contributed by atoms with E-state index in [-0.39, 0.29) is 11.5 Å². The van der Waals surface area contributed by atoms with Crippen molar-refractivity contribution in [1.29, 1.82) is 0 Å². The summed E-state index contributed by atoms with van der Waals surface area (Å²) in [5.74, 6) is 0.579. The molecule has 0 saturated heterocycles. The van der Waals surface area contributed by atoms with Crippen LogP contribution >= 0.6 is 0 Å². The summed E-state index contributed by atoms with van der Waals surface area (Å²) in [4.78, 5) is 12.2. The van der Waals surface area contributed by atoms with Gasteiger partial charge in [-0.15, -0.1) is 0 Å². The molecule has 116 valence electrons. The standard InChI is InChI=1S/C18H22N2O2/c1-18(2,3)22-16-7-5-4-6-15(16)20-17(21)12-13-8-10-14(19)11-9-13/h4-11H,12,19H2,1-3H3,(H,20,21). The fourth-order valence-corrected chi connectivity index (χ4v) is 2.00. The molecule has 4 heteroatoms. The predicted molar refractivity (Wildman–Crippen MR) is 90.0 cm³/mol. The molecule has 2 aromatic rings. The third kappa shape index (κ3) is 4.81. The number of anilines is 2. The normalized spacial score (nSPS) is 11.0. The summed E-state index contributed by atoms with van der Waals surface area (Å²) in [5.41, 5.74) is 7.61. The van der Waals surface area contributed by atoms with Crippen LogP contribution < -0.4 is 15.8 Å². The molecule has 0 heterocycles. The Labute approximate surface area is 131 Å². The van der Waals surface area contributed by atoms with Gasteiger partial charge in [0.25, 0.3) is 0 Å². The van der Waals surface area contributed by atoms with Gasteiger partial charge in [0.15, 0.2) is 0 Å². The third-order valence-electron chi connectivity index (χ3n) is 2.92. The Kier molecular flexibility index (Phi) is 4.71. The molecule has 0 unspecified atom stereocenters. The number of nitrogen functional groups attached to an aromatic ring is 1. The maximum Gasteiger partial charge on any atom is 0.228 e. The summed E-state index contributed by atoms with van der Waals surface area (Å²) in [5, 5.41) is 2.90. The number of nitrogens with one attached hydrogen (secondary N) is 1. The van der Waals surface area contributed by atoms with Gasteiger partial charge in [-0.2, -0.15) is 0 Å². The second kappa shape index (κ2) is 6.52. The second-order valence-corrected chi connectivity index (χ2v) is 6.18. The zero-order valence-electron chi connectivity index (χ0n) is 13.2. The van der Waals surface area contributed by atoms with E-state index < -0.39 is 0 Å². The third-order valence-corrected chi connectivity index (χ3v) is 2.92. The molecule has 0 fully saturated rings. The first-order valence-electron chi connectivity index (χ1n) is 7.26. The van der Waals surface area contributed by atoms with Crippen LogP contribution in [0.5, 0.6) is 5.75 Å². The molecule has 2 aromatic carbocycles. The predicted octanol–water partition coefficient (Wildman–Crippen LogP) is 3.63.